The fraction of sp³-hybridized carbons (Fsp3) is 0. The first kappa shape index (κ1) is 38.0. The predicted octanol–water partition coefficient (Wildman–Crippen LogP) is 16.9. The highest BCUT2D eigenvalue weighted by Gasteiger charge is 2.20. The molecule has 0 saturated carbocycles. The Kier molecular flexibility index (Phi) is 9.50. The third-order valence-electron chi connectivity index (χ3n) is 12.5. The van der Waals surface area contributed by atoms with Crippen molar-refractivity contribution < 1.29 is 4.42 Å². The molecule has 12 aromatic rings. The number of rotatable bonds is 8. The molecule has 0 amide bonds. The van der Waals surface area contributed by atoms with Gasteiger partial charge in [0.05, 0.1) is 11.4 Å². The highest BCUT2D eigenvalue weighted by molar-refractivity contribution is 6.22. The largest absolute Gasteiger partial charge is 0.456 e. The normalized spacial score (nSPS) is 11.4. The van der Waals surface area contributed by atoms with Crippen molar-refractivity contribution in [3.63, 3.8) is 0 Å². The number of nitrogens with zero attached hydrogens (tertiary/aromatic N) is 2. The number of para-hydroxylation sites is 1. The van der Waals surface area contributed by atoms with E-state index >= 15 is 0 Å². The number of aromatic nitrogens is 2. The van der Waals surface area contributed by atoms with Crippen LogP contribution in [-0.2, 0) is 0 Å². The third-order valence-corrected chi connectivity index (χ3v) is 12.5. The van der Waals surface area contributed by atoms with Gasteiger partial charge in [0, 0.05) is 27.5 Å². The zero-order valence-corrected chi connectivity index (χ0v) is 35.4. The lowest BCUT2D eigenvalue weighted by molar-refractivity contribution is 0.669. The summed E-state index contributed by atoms with van der Waals surface area (Å²) in [4.78, 5) is 10.8. The highest BCUT2D eigenvalue weighted by Crippen LogP contribution is 2.43. The number of benzene rings is 10. The topological polar surface area (TPSA) is 38.9 Å². The second-order valence-electron chi connectivity index (χ2n) is 16.5. The van der Waals surface area contributed by atoms with Crippen molar-refractivity contribution in [2.24, 2.45) is 0 Å². The van der Waals surface area contributed by atoms with Gasteiger partial charge in [-0.2, -0.15) is 0 Å². The van der Waals surface area contributed by atoms with E-state index in [1.807, 2.05) is 18.2 Å². The van der Waals surface area contributed by atoms with Crippen LogP contribution >= 0.6 is 0 Å². The van der Waals surface area contributed by atoms with Crippen LogP contribution in [0.3, 0.4) is 0 Å². The zero-order valence-electron chi connectivity index (χ0n) is 35.4. The van der Waals surface area contributed by atoms with Gasteiger partial charge in [-0.3, -0.25) is 0 Å². The quantitative estimate of drug-likeness (QED) is 0.153. The summed E-state index contributed by atoms with van der Waals surface area (Å²) in [5, 5.41) is 4.45. The summed E-state index contributed by atoms with van der Waals surface area (Å²) in [5.41, 5.74) is 17.8. The van der Waals surface area contributed by atoms with E-state index in [1.165, 1.54) is 27.8 Å². The molecule has 0 N–H and O–H groups in total. The smallest absolute Gasteiger partial charge is 0.160 e. The van der Waals surface area contributed by atoms with Gasteiger partial charge in [-0.15, -0.1) is 0 Å². The Morgan fingerprint density at radius 2 is 0.723 bits per heavy atom. The SMILES string of the molecule is c1ccc(-c2ccc(-c3nc(-c4ccc(-c5cc(-c6ccccc6)cc(-c6ccccc6)c5)c(-c5ccccc5)c4)cc(-c4cc5oc6ccccc6c5c5ccccc45)n3)cc2)cc1. The maximum Gasteiger partial charge on any atom is 0.160 e. The van der Waals surface area contributed by atoms with Crippen LogP contribution in [0.25, 0.3) is 122 Å². The molecule has 3 heteroatoms. The molecule has 0 radical (unpaired) electrons. The first-order valence-corrected chi connectivity index (χ1v) is 22.0. The molecule has 0 aliphatic heterocycles. The van der Waals surface area contributed by atoms with Crippen molar-refractivity contribution >= 4 is 32.7 Å². The van der Waals surface area contributed by atoms with Gasteiger partial charge in [0.1, 0.15) is 11.2 Å². The minimum Gasteiger partial charge on any atom is -0.456 e. The highest BCUT2D eigenvalue weighted by atomic mass is 16.3. The van der Waals surface area contributed by atoms with Gasteiger partial charge >= 0.3 is 0 Å². The number of hydrogen-bond donors (Lipinski definition) is 0. The molecule has 304 valence electrons. The van der Waals surface area contributed by atoms with Gasteiger partial charge in [-0.1, -0.05) is 200 Å². The Morgan fingerprint density at radius 3 is 1.37 bits per heavy atom. The molecule has 0 fully saturated rings. The van der Waals surface area contributed by atoms with E-state index in [4.69, 9.17) is 14.4 Å². The molecule has 10 aromatic carbocycles. The van der Waals surface area contributed by atoms with E-state index in [0.717, 1.165) is 88.6 Å². The molecule has 0 bridgehead atoms. The maximum atomic E-state index is 6.56. The van der Waals surface area contributed by atoms with Gasteiger partial charge in [0.25, 0.3) is 0 Å². The Bertz CT molecular complexity index is 3620. The van der Waals surface area contributed by atoms with Gasteiger partial charge in [-0.05, 0) is 109 Å². The monoisotopic (exact) mass is 828 g/mol. The molecule has 65 heavy (non-hydrogen) atoms. The van der Waals surface area contributed by atoms with Crippen LogP contribution in [0.15, 0.2) is 247 Å². The summed E-state index contributed by atoms with van der Waals surface area (Å²) in [5.74, 6) is 0.652. The van der Waals surface area contributed by atoms with Crippen LogP contribution < -0.4 is 0 Å². The third kappa shape index (κ3) is 7.16. The molecule has 0 saturated heterocycles. The van der Waals surface area contributed by atoms with Crippen molar-refractivity contribution in [1.82, 2.24) is 9.97 Å². The molecule has 12 rings (SSSR count). The van der Waals surface area contributed by atoms with Gasteiger partial charge in [-0.25, -0.2) is 9.97 Å². The van der Waals surface area contributed by atoms with Gasteiger partial charge in [0.15, 0.2) is 5.82 Å². The molecular formula is C62H40N2O. The molecule has 0 unspecified atom stereocenters. The molecule has 0 aliphatic rings. The predicted molar refractivity (Wildman–Crippen MR) is 270 cm³/mol. The van der Waals surface area contributed by atoms with E-state index in [9.17, 15) is 0 Å². The minimum atomic E-state index is 0.652. The first-order valence-electron chi connectivity index (χ1n) is 22.0. The standard InChI is InChI=1S/C62H40N2O/c1-5-17-41(18-6-1)44-29-31-46(32-30-44)62-63-57(40-58(64-62)56-39-60-61(53-26-14-13-25-52(53)56)54-27-15-16-28-59(54)65-60)47-33-34-51(55(38-47)45-23-11-4-12-24-45)50-36-48(42-19-7-2-8-20-42)35-49(37-50)43-21-9-3-10-22-43/h1-40H. The first-order chi connectivity index (χ1) is 32.2. The Balaban J connectivity index is 1.07. The lowest BCUT2D eigenvalue weighted by atomic mass is 9.88. The molecule has 0 atom stereocenters. The van der Waals surface area contributed by atoms with Gasteiger partial charge in [0.2, 0.25) is 0 Å². The van der Waals surface area contributed by atoms with E-state index < -0.39 is 0 Å². The molecule has 0 spiro atoms. The van der Waals surface area contributed by atoms with E-state index in [1.54, 1.807) is 0 Å². The maximum absolute atomic E-state index is 6.56. The number of hydrogen-bond acceptors (Lipinski definition) is 3. The summed E-state index contributed by atoms with van der Waals surface area (Å²) in [6.45, 7) is 0. The van der Waals surface area contributed by atoms with Crippen LogP contribution in [0, 0.1) is 0 Å². The van der Waals surface area contributed by atoms with E-state index in [-0.39, 0.29) is 0 Å². The molecule has 2 heterocycles. The number of furan rings is 1. The summed E-state index contributed by atoms with van der Waals surface area (Å²) in [7, 11) is 0. The lowest BCUT2D eigenvalue weighted by Crippen LogP contribution is -1.97. The second-order valence-corrected chi connectivity index (χ2v) is 16.5. The number of fused-ring (bicyclic) bond motifs is 5. The second kappa shape index (κ2) is 16.2. The summed E-state index contributed by atoms with van der Waals surface area (Å²) >= 11 is 0. The van der Waals surface area contributed by atoms with Crippen LogP contribution in [0.1, 0.15) is 0 Å². The summed E-state index contributed by atoms with van der Waals surface area (Å²) in [6, 6.07) is 85.9. The average Bonchev–Trinajstić information content (AvgIpc) is 3.78. The lowest BCUT2D eigenvalue weighted by Gasteiger charge is -2.17. The van der Waals surface area contributed by atoms with Gasteiger partial charge < -0.3 is 4.42 Å². The van der Waals surface area contributed by atoms with E-state index in [2.05, 4.69) is 224 Å². The van der Waals surface area contributed by atoms with Crippen molar-refractivity contribution in [2.45, 2.75) is 0 Å². The Labute approximate surface area is 377 Å². The van der Waals surface area contributed by atoms with E-state index in [0.29, 0.717) is 5.82 Å². The van der Waals surface area contributed by atoms with Crippen molar-refractivity contribution in [3.05, 3.63) is 243 Å². The van der Waals surface area contributed by atoms with Crippen molar-refractivity contribution in [1.29, 1.82) is 0 Å². The van der Waals surface area contributed by atoms with Crippen LogP contribution in [0.4, 0.5) is 0 Å². The average molecular weight is 829 g/mol. The Hall–Kier alpha value is -8.66. The fourth-order valence-electron chi connectivity index (χ4n) is 9.29. The van der Waals surface area contributed by atoms with Crippen LogP contribution in [0.2, 0.25) is 0 Å². The Morgan fingerprint density at radius 1 is 0.246 bits per heavy atom. The zero-order chi connectivity index (χ0) is 43.1. The van der Waals surface area contributed by atoms with Crippen LogP contribution in [-0.4, -0.2) is 9.97 Å². The minimum absolute atomic E-state index is 0.652. The molecule has 2 aromatic heterocycles. The fourth-order valence-corrected chi connectivity index (χ4v) is 9.29. The van der Waals surface area contributed by atoms with Crippen LogP contribution in [0.5, 0.6) is 0 Å². The molecule has 0 aliphatic carbocycles. The molecular weight excluding hydrogens is 789 g/mol. The molecule has 3 nitrogen and oxygen atoms in total. The summed E-state index contributed by atoms with van der Waals surface area (Å²) < 4.78 is 6.56. The van der Waals surface area contributed by atoms with Crippen molar-refractivity contribution in [3.8, 4) is 89.5 Å². The summed E-state index contributed by atoms with van der Waals surface area (Å²) in [6.07, 6.45) is 0. The van der Waals surface area contributed by atoms with Crippen molar-refractivity contribution in [2.75, 3.05) is 0 Å².